The number of benzene rings is 1. The van der Waals surface area contributed by atoms with Gasteiger partial charge in [0.05, 0.1) is 16.3 Å². The molecule has 0 bridgehead atoms. The van der Waals surface area contributed by atoms with Gasteiger partial charge in [0.25, 0.3) is 0 Å². The van der Waals surface area contributed by atoms with Crippen LogP contribution in [0.15, 0.2) is 60.4 Å². The van der Waals surface area contributed by atoms with Gasteiger partial charge in [0, 0.05) is 23.8 Å². The highest BCUT2D eigenvalue weighted by atomic mass is 32.2. The van der Waals surface area contributed by atoms with Crippen molar-refractivity contribution in [3.8, 4) is 10.7 Å². The van der Waals surface area contributed by atoms with Crippen LogP contribution < -0.4 is 11.1 Å². The maximum Gasteiger partial charge on any atom is 0.234 e. The number of nitrogens with two attached hydrogens (primary N) is 1. The number of nitrogens with zero attached hydrogens (tertiary/aromatic N) is 4. The molecule has 30 heavy (non-hydrogen) atoms. The first-order valence-electron chi connectivity index (χ1n) is 8.92. The number of thiophene rings is 1. The number of amides is 1. The molecule has 4 rings (SSSR count). The molecular weight excluding hydrogens is 423 g/mol. The van der Waals surface area contributed by atoms with Crippen LogP contribution in [0.2, 0.25) is 0 Å². The van der Waals surface area contributed by atoms with E-state index in [1.165, 1.54) is 41.3 Å². The number of rotatable bonds is 7. The molecule has 1 amide bonds. The van der Waals surface area contributed by atoms with E-state index >= 15 is 0 Å². The lowest BCUT2D eigenvalue weighted by molar-refractivity contribution is -0.113. The average molecular weight is 441 g/mol. The van der Waals surface area contributed by atoms with Crippen molar-refractivity contribution in [1.82, 2.24) is 19.7 Å². The molecule has 7 nitrogen and oxygen atoms in total. The fourth-order valence-corrected chi connectivity index (χ4v) is 4.67. The van der Waals surface area contributed by atoms with Crippen molar-refractivity contribution < 1.29 is 9.18 Å². The Morgan fingerprint density at radius 3 is 2.97 bits per heavy atom. The van der Waals surface area contributed by atoms with E-state index < -0.39 is 5.82 Å². The van der Waals surface area contributed by atoms with Gasteiger partial charge in [-0.3, -0.25) is 9.36 Å². The van der Waals surface area contributed by atoms with E-state index in [-0.39, 0.29) is 11.7 Å². The highest BCUT2D eigenvalue weighted by molar-refractivity contribution is 7.99. The van der Waals surface area contributed by atoms with Gasteiger partial charge in [-0.2, -0.15) is 0 Å². The van der Waals surface area contributed by atoms with Gasteiger partial charge in [-0.25, -0.2) is 9.37 Å². The fraction of sp³-hybridized carbons (Fsp3) is 0.100. The van der Waals surface area contributed by atoms with Gasteiger partial charge < -0.3 is 11.1 Å². The van der Waals surface area contributed by atoms with Gasteiger partial charge in [-0.05, 0) is 30.3 Å². The third-order valence-corrected chi connectivity index (χ3v) is 6.27. The summed E-state index contributed by atoms with van der Waals surface area (Å²) in [4.78, 5) is 18.2. The third-order valence-electron chi connectivity index (χ3n) is 4.18. The number of fused-ring (bicyclic) bond motifs is 1. The van der Waals surface area contributed by atoms with Crippen molar-refractivity contribution >= 4 is 50.6 Å². The zero-order valence-corrected chi connectivity index (χ0v) is 17.3. The Morgan fingerprint density at radius 1 is 1.33 bits per heavy atom. The molecule has 0 aliphatic rings. The number of aromatic nitrogens is 4. The topological polar surface area (TPSA) is 98.7 Å². The molecule has 1 aromatic carbocycles. The van der Waals surface area contributed by atoms with Gasteiger partial charge in [-0.1, -0.05) is 23.9 Å². The first-order chi connectivity index (χ1) is 14.6. The second-order valence-corrected chi connectivity index (χ2v) is 8.20. The number of anilines is 2. The van der Waals surface area contributed by atoms with E-state index in [2.05, 4.69) is 27.1 Å². The smallest absolute Gasteiger partial charge is 0.234 e. The van der Waals surface area contributed by atoms with Crippen LogP contribution in [0.25, 0.3) is 20.9 Å². The van der Waals surface area contributed by atoms with Gasteiger partial charge in [-0.15, -0.1) is 28.1 Å². The molecule has 0 fully saturated rings. The highest BCUT2D eigenvalue weighted by Gasteiger charge is 2.20. The number of pyridine rings is 1. The number of hydrogen-bond donors (Lipinski definition) is 2. The number of thioether (sulfide) groups is 1. The van der Waals surface area contributed by atoms with E-state index in [0.717, 1.165) is 15.1 Å². The Balaban J connectivity index is 1.56. The average Bonchev–Trinajstić information content (AvgIpc) is 3.28. The highest BCUT2D eigenvalue weighted by Crippen LogP contribution is 2.39. The SMILES string of the molecule is C=CCn1c(SCC(=O)Nc2cccc(F)c2)nnc1-c1sc2ncccc2c1N. The van der Waals surface area contributed by atoms with Crippen molar-refractivity contribution in [3.05, 3.63) is 61.1 Å². The monoisotopic (exact) mass is 440 g/mol. The zero-order valence-electron chi connectivity index (χ0n) is 15.7. The van der Waals surface area contributed by atoms with Crippen LogP contribution in [0.4, 0.5) is 15.8 Å². The Morgan fingerprint density at radius 2 is 2.20 bits per heavy atom. The molecule has 0 atom stereocenters. The minimum Gasteiger partial charge on any atom is -0.397 e. The van der Waals surface area contributed by atoms with Gasteiger partial charge in [0.2, 0.25) is 5.91 Å². The normalized spacial score (nSPS) is 11.0. The molecule has 0 unspecified atom stereocenters. The summed E-state index contributed by atoms with van der Waals surface area (Å²) in [5.41, 5.74) is 7.33. The molecule has 0 aliphatic heterocycles. The van der Waals surface area contributed by atoms with Crippen LogP contribution >= 0.6 is 23.1 Å². The van der Waals surface area contributed by atoms with E-state index in [4.69, 9.17) is 5.73 Å². The Kier molecular flexibility index (Phi) is 5.77. The predicted molar refractivity (Wildman–Crippen MR) is 119 cm³/mol. The largest absolute Gasteiger partial charge is 0.397 e. The van der Waals surface area contributed by atoms with Crippen molar-refractivity contribution in [2.45, 2.75) is 11.7 Å². The number of carbonyl (C=O) groups excluding carboxylic acids is 1. The van der Waals surface area contributed by atoms with E-state index in [1.54, 1.807) is 18.3 Å². The van der Waals surface area contributed by atoms with E-state index in [0.29, 0.717) is 28.9 Å². The maximum atomic E-state index is 13.3. The number of carbonyl (C=O) groups is 1. The summed E-state index contributed by atoms with van der Waals surface area (Å²) >= 11 is 2.67. The predicted octanol–water partition coefficient (Wildman–Crippen LogP) is 4.19. The van der Waals surface area contributed by atoms with Crippen LogP contribution in [0.5, 0.6) is 0 Å². The van der Waals surface area contributed by atoms with Crippen molar-refractivity contribution in [1.29, 1.82) is 0 Å². The number of nitrogen functional groups attached to an aromatic ring is 1. The summed E-state index contributed by atoms with van der Waals surface area (Å²) in [5, 5.41) is 12.6. The van der Waals surface area contributed by atoms with E-state index in [9.17, 15) is 9.18 Å². The lowest BCUT2D eigenvalue weighted by Gasteiger charge is -2.08. The summed E-state index contributed by atoms with van der Waals surface area (Å²) in [6.07, 6.45) is 3.44. The summed E-state index contributed by atoms with van der Waals surface area (Å²) < 4.78 is 15.1. The van der Waals surface area contributed by atoms with Crippen LogP contribution in [-0.4, -0.2) is 31.4 Å². The molecule has 4 aromatic rings. The lowest BCUT2D eigenvalue weighted by atomic mass is 10.2. The third kappa shape index (κ3) is 4.05. The molecule has 3 aromatic heterocycles. The minimum atomic E-state index is -0.411. The second-order valence-electron chi connectivity index (χ2n) is 6.25. The fourth-order valence-electron chi connectivity index (χ4n) is 2.87. The van der Waals surface area contributed by atoms with Gasteiger partial charge in [0.15, 0.2) is 11.0 Å². The Bertz CT molecular complexity index is 1240. The molecule has 0 aliphatic carbocycles. The molecule has 152 valence electrons. The van der Waals surface area contributed by atoms with Gasteiger partial charge in [0.1, 0.15) is 10.6 Å². The van der Waals surface area contributed by atoms with Crippen molar-refractivity contribution in [3.63, 3.8) is 0 Å². The van der Waals surface area contributed by atoms with Crippen LogP contribution in [0, 0.1) is 5.82 Å². The summed E-state index contributed by atoms with van der Waals surface area (Å²) in [6, 6.07) is 9.50. The molecular formula is C20H17FN6OS2. The first kappa shape index (κ1) is 20.0. The standard InChI is InChI=1S/C20H17FN6OS2/c1-2-9-27-18(17-16(22)14-7-4-8-23-19(14)30-17)25-26-20(27)29-11-15(28)24-13-6-3-5-12(21)10-13/h2-8,10H,1,9,11,22H2,(H,24,28). The number of nitrogens with one attached hydrogen (secondary N) is 1. The van der Waals surface area contributed by atoms with Crippen LogP contribution in [0.1, 0.15) is 0 Å². The van der Waals surface area contributed by atoms with Crippen LogP contribution in [0.3, 0.4) is 0 Å². The second kappa shape index (κ2) is 8.64. The molecule has 10 heteroatoms. The van der Waals surface area contributed by atoms with Gasteiger partial charge >= 0.3 is 0 Å². The van der Waals surface area contributed by atoms with Crippen molar-refractivity contribution in [2.24, 2.45) is 0 Å². The quantitative estimate of drug-likeness (QED) is 0.330. The zero-order chi connectivity index (χ0) is 21.1. The minimum absolute atomic E-state index is 0.0925. The molecule has 0 spiro atoms. The summed E-state index contributed by atoms with van der Waals surface area (Å²) in [5.74, 6) is 0.00968. The molecule has 0 saturated heterocycles. The lowest BCUT2D eigenvalue weighted by Crippen LogP contribution is -2.14. The maximum absolute atomic E-state index is 13.3. The first-order valence-corrected chi connectivity index (χ1v) is 10.7. The molecule has 0 radical (unpaired) electrons. The summed E-state index contributed by atoms with van der Waals surface area (Å²) in [6.45, 7) is 4.25. The molecule has 3 heterocycles. The Labute approximate surface area is 179 Å². The van der Waals surface area contributed by atoms with E-state index in [1.807, 2.05) is 16.7 Å². The van der Waals surface area contributed by atoms with Crippen molar-refractivity contribution in [2.75, 3.05) is 16.8 Å². The molecule has 0 saturated carbocycles. The summed E-state index contributed by atoms with van der Waals surface area (Å²) in [7, 11) is 0. The number of hydrogen-bond acceptors (Lipinski definition) is 7. The Hall–Kier alpha value is -3.24. The number of halogens is 1. The number of allylic oxidation sites excluding steroid dienone is 1. The molecule has 3 N–H and O–H groups in total. The van der Waals surface area contributed by atoms with Crippen LogP contribution in [-0.2, 0) is 11.3 Å².